The number of halogens is 1. The van der Waals surface area contributed by atoms with Crippen molar-refractivity contribution in [1.29, 1.82) is 0 Å². The fourth-order valence-electron chi connectivity index (χ4n) is 1.61. The third-order valence-electron chi connectivity index (χ3n) is 2.59. The van der Waals surface area contributed by atoms with Gasteiger partial charge in [-0.05, 0) is 31.5 Å². The highest BCUT2D eigenvalue weighted by Gasteiger charge is 2.19. The molecule has 0 fully saturated rings. The van der Waals surface area contributed by atoms with Crippen molar-refractivity contribution in [2.75, 3.05) is 0 Å². The second-order valence-corrected chi connectivity index (χ2v) is 4.81. The summed E-state index contributed by atoms with van der Waals surface area (Å²) in [5, 5.41) is 21.6. The molecule has 0 heterocycles. The molecule has 0 aromatic heterocycles. The van der Waals surface area contributed by atoms with E-state index in [9.17, 15) is 9.90 Å². The monoisotopic (exact) mass is 301 g/mol. The standard InChI is InChI=1S/C12H16BrNO3/c1-3-10(14-7(2)12(16)17)9-6-8(13)4-5-11(9)15/h4-7,10,14-15H,3H2,1-2H3,(H,16,17)/t7-,10?/m1/s1. The van der Waals surface area contributed by atoms with E-state index < -0.39 is 12.0 Å². The zero-order chi connectivity index (χ0) is 13.0. The number of hydrogen-bond acceptors (Lipinski definition) is 3. The minimum Gasteiger partial charge on any atom is -0.508 e. The Labute approximate surface area is 109 Å². The van der Waals surface area contributed by atoms with E-state index in [-0.39, 0.29) is 11.8 Å². The third-order valence-corrected chi connectivity index (χ3v) is 3.09. The maximum atomic E-state index is 10.8. The predicted octanol–water partition coefficient (Wildman–Crippen LogP) is 2.67. The number of phenolic OH excluding ortho intramolecular Hbond substituents is 1. The number of phenols is 1. The van der Waals surface area contributed by atoms with E-state index in [0.717, 1.165) is 4.47 Å². The molecule has 1 unspecified atom stereocenters. The molecule has 2 atom stereocenters. The molecule has 0 aliphatic rings. The van der Waals surface area contributed by atoms with E-state index in [2.05, 4.69) is 21.2 Å². The van der Waals surface area contributed by atoms with E-state index in [0.29, 0.717) is 12.0 Å². The Hall–Kier alpha value is -1.07. The van der Waals surface area contributed by atoms with E-state index in [1.54, 1.807) is 25.1 Å². The van der Waals surface area contributed by atoms with Crippen molar-refractivity contribution in [2.45, 2.75) is 32.4 Å². The first-order chi connectivity index (χ1) is 7.95. The Morgan fingerprint density at radius 3 is 2.71 bits per heavy atom. The predicted molar refractivity (Wildman–Crippen MR) is 69.1 cm³/mol. The Morgan fingerprint density at radius 1 is 1.53 bits per heavy atom. The van der Waals surface area contributed by atoms with Gasteiger partial charge in [-0.2, -0.15) is 0 Å². The second-order valence-electron chi connectivity index (χ2n) is 3.89. The lowest BCUT2D eigenvalue weighted by molar-refractivity contribution is -0.139. The fourth-order valence-corrected chi connectivity index (χ4v) is 1.98. The summed E-state index contributed by atoms with van der Waals surface area (Å²) >= 11 is 3.33. The van der Waals surface area contributed by atoms with E-state index in [1.807, 2.05) is 6.92 Å². The second kappa shape index (κ2) is 6.02. The van der Waals surface area contributed by atoms with Crippen LogP contribution in [0, 0.1) is 0 Å². The van der Waals surface area contributed by atoms with Crippen molar-refractivity contribution in [3.63, 3.8) is 0 Å². The number of nitrogens with one attached hydrogen (secondary N) is 1. The van der Waals surface area contributed by atoms with Crippen molar-refractivity contribution in [2.24, 2.45) is 0 Å². The summed E-state index contributed by atoms with van der Waals surface area (Å²) in [7, 11) is 0. The number of hydrogen-bond donors (Lipinski definition) is 3. The number of carboxylic acids is 1. The van der Waals surface area contributed by atoms with Gasteiger partial charge in [-0.25, -0.2) is 0 Å². The number of aromatic hydroxyl groups is 1. The molecular formula is C12H16BrNO3. The summed E-state index contributed by atoms with van der Waals surface area (Å²) in [5.41, 5.74) is 0.704. The van der Waals surface area contributed by atoms with Gasteiger partial charge in [-0.3, -0.25) is 10.1 Å². The zero-order valence-electron chi connectivity index (χ0n) is 9.77. The molecule has 1 rings (SSSR count). The highest BCUT2D eigenvalue weighted by Crippen LogP contribution is 2.29. The average Bonchev–Trinajstić information content (AvgIpc) is 2.29. The molecule has 17 heavy (non-hydrogen) atoms. The first kappa shape index (κ1) is 14.0. The van der Waals surface area contributed by atoms with Gasteiger partial charge in [0.2, 0.25) is 0 Å². The van der Waals surface area contributed by atoms with Gasteiger partial charge in [-0.1, -0.05) is 22.9 Å². The number of rotatable bonds is 5. The molecule has 5 heteroatoms. The summed E-state index contributed by atoms with van der Waals surface area (Å²) in [6.45, 7) is 3.52. The van der Waals surface area contributed by atoms with Crippen molar-refractivity contribution < 1.29 is 15.0 Å². The van der Waals surface area contributed by atoms with Crippen LogP contribution in [0.25, 0.3) is 0 Å². The maximum absolute atomic E-state index is 10.8. The highest BCUT2D eigenvalue weighted by molar-refractivity contribution is 9.10. The van der Waals surface area contributed by atoms with E-state index in [1.165, 1.54) is 0 Å². The van der Waals surface area contributed by atoms with Crippen LogP contribution >= 0.6 is 15.9 Å². The lowest BCUT2D eigenvalue weighted by Crippen LogP contribution is -2.36. The number of carbonyl (C=O) groups is 1. The minimum absolute atomic E-state index is 0.171. The molecule has 0 spiro atoms. The van der Waals surface area contributed by atoms with Crippen LogP contribution in [-0.4, -0.2) is 22.2 Å². The Bertz CT molecular complexity index is 409. The van der Waals surface area contributed by atoms with Gasteiger partial charge < -0.3 is 10.2 Å². The molecule has 1 aromatic rings. The topological polar surface area (TPSA) is 69.6 Å². The average molecular weight is 302 g/mol. The number of benzene rings is 1. The largest absolute Gasteiger partial charge is 0.508 e. The normalized spacial score (nSPS) is 14.3. The summed E-state index contributed by atoms with van der Waals surface area (Å²) in [6, 6.07) is 4.30. The molecule has 0 saturated heterocycles. The first-order valence-corrected chi connectivity index (χ1v) is 6.22. The minimum atomic E-state index is -0.905. The van der Waals surface area contributed by atoms with Gasteiger partial charge in [-0.15, -0.1) is 0 Å². The van der Waals surface area contributed by atoms with Gasteiger partial charge in [0.1, 0.15) is 11.8 Å². The zero-order valence-corrected chi connectivity index (χ0v) is 11.4. The van der Waals surface area contributed by atoms with Crippen molar-refractivity contribution in [1.82, 2.24) is 5.32 Å². The van der Waals surface area contributed by atoms with Crippen molar-refractivity contribution >= 4 is 21.9 Å². The molecule has 0 bridgehead atoms. The van der Waals surface area contributed by atoms with Crippen molar-refractivity contribution in [3.05, 3.63) is 28.2 Å². The third kappa shape index (κ3) is 3.71. The highest BCUT2D eigenvalue weighted by atomic mass is 79.9. The lowest BCUT2D eigenvalue weighted by atomic mass is 10.0. The quantitative estimate of drug-likeness (QED) is 0.782. The van der Waals surface area contributed by atoms with Gasteiger partial charge in [0.05, 0.1) is 0 Å². The SMILES string of the molecule is CCC(N[C@H](C)C(=O)O)c1cc(Br)ccc1O. The van der Waals surface area contributed by atoms with Crippen LogP contribution in [0.2, 0.25) is 0 Å². The Morgan fingerprint density at radius 2 is 2.18 bits per heavy atom. The van der Waals surface area contributed by atoms with Gasteiger partial charge in [0, 0.05) is 16.1 Å². The van der Waals surface area contributed by atoms with Crippen LogP contribution in [-0.2, 0) is 4.79 Å². The van der Waals surface area contributed by atoms with Crippen LogP contribution < -0.4 is 5.32 Å². The molecule has 4 nitrogen and oxygen atoms in total. The lowest BCUT2D eigenvalue weighted by Gasteiger charge is -2.21. The first-order valence-electron chi connectivity index (χ1n) is 5.43. The van der Waals surface area contributed by atoms with E-state index >= 15 is 0 Å². The van der Waals surface area contributed by atoms with E-state index in [4.69, 9.17) is 5.11 Å². The van der Waals surface area contributed by atoms with Crippen LogP contribution in [0.1, 0.15) is 31.9 Å². The summed E-state index contributed by atoms with van der Waals surface area (Å²) < 4.78 is 0.855. The molecule has 0 aliphatic carbocycles. The Balaban J connectivity index is 2.93. The summed E-state index contributed by atoms with van der Waals surface area (Å²) in [6.07, 6.45) is 0.696. The smallest absolute Gasteiger partial charge is 0.320 e. The Kier molecular flexibility index (Phi) is 4.96. The van der Waals surface area contributed by atoms with Crippen LogP contribution in [0.3, 0.4) is 0 Å². The molecule has 94 valence electrons. The van der Waals surface area contributed by atoms with Gasteiger partial charge >= 0.3 is 5.97 Å². The molecule has 1 aromatic carbocycles. The molecule has 0 radical (unpaired) electrons. The molecule has 0 saturated carbocycles. The van der Waals surface area contributed by atoms with Gasteiger partial charge in [0.15, 0.2) is 0 Å². The van der Waals surface area contributed by atoms with Gasteiger partial charge in [0.25, 0.3) is 0 Å². The number of aliphatic carboxylic acids is 1. The molecular weight excluding hydrogens is 286 g/mol. The van der Waals surface area contributed by atoms with Crippen LogP contribution in [0.15, 0.2) is 22.7 Å². The molecule has 3 N–H and O–H groups in total. The summed E-state index contributed by atoms with van der Waals surface area (Å²) in [4.78, 5) is 10.8. The van der Waals surface area contributed by atoms with Crippen molar-refractivity contribution in [3.8, 4) is 5.75 Å². The maximum Gasteiger partial charge on any atom is 0.320 e. The van der Waals surface area contributed by atoms with Crippen LogP contribution in [0.4, 0.5) is 0 Å². The number of carboxylic acid groups (broad SMARTS) is 1. The molecule has 0 aliphatic heterocycles. The van der Waals surface area contributed by atoms with Crippen LogP contribution in [0.5, 0.6) is 5.75 Å². The molecule has 0 amide bonds. The summed E-state index contributed by atoms with van der Waals surface area (Å²) in [5.74, 6) is -0.733. The fraction of sp³-hybridized carbons (Fsp3) is 0.417.